The Morgan fingerprint density at radius 1 is 1.38 bits per heavy atom. The highest BCUT2D eigenvalue weighted by Gasteiger charge is 2.25. The highest BCUT2D eigenvalue weighted by atomic mass is 32.2. The van der Waals surface area contributed by atoms with Gasteiger partial charge in [-0.3, -0.25) is 9.59 Å². The summed E-state index contributed by atoms with van der Waals surface area (Å²) in [5.74, 6) is -0.580. The lowest BCUT2D eigenvalue weighted by molar-refractivity contribution is -0.140. The second kappa shape index (κ2) is 4.82. The number of piperazine rings is 1. The van der Waals surface area contributed by atoms with E-state index in [1.54, 1.807) is 13.8 Å². The second-order valence-corrected chi connectivity index (χ2v) is 6.68. The van der Waals surface area contributed by atoms with Crippen molar-refractivity contribution in [1.82, 2.24) is 10.2 Å². The van der Waals surface area contributed by atoms with Crippen LogP contribution in [0.1, 0.15) is 13.8 Å². The minimum absolute atomic E-state index is 0.0411. The molecule has 0 aliphatic carbocycles. The van der Waals surface area contributed by atoms with E-state index in [9.17, 15) is 18.0 Å². The van der Waals surface area contributed by atoms with Gasteiger partial charge < -0.3 is 10.2 Å². The molecule has 0 unspecified atom stereocenters. The second-order valence-electron chi connectivity index (χ2n) is 4.01. The van der Waals surface area contributed by atoms with Crippen molar-refractivity contribution >= 4 is 21.7 Å². The summed E-state index contributed by atoms with van der Waals surface area (Å²) in [6, 6.07) is 0. The summed E-state index contributed by atoms with van der Waals surface area (Å²) in [7, 11) is -3.16. The SMILES string of the molecule is CC(C)S(=O)(=O)CCN1CC(=O)NCC1=O. The van der Waals surface area contributed by atoms with Gasteiger partial charge in [0.25, 0.3) is 0 Å². The molecule has 2 amide bonds. The Morgan fingerprint density at radius 3 is 2.56 bits per heavy atom. The van der Waals surface area contributed by atoms with Crippen molar-refractivity contribution in [3.63, 3.8) is 0 Å². The molecule has 0 saturated carbocycles. The fourth-order valence-electron chi connectivity index (χ4n) is 1.28. The lowest BCUT2D eigenvalue weighted by atomic mass is 10.3. The van der Waals surface area contributed by atoms with Gasteiger partial charge in [0.1, 0.15) is 0 Å². The number of carbonyl (C=O) groups excluding carboxylic acids is 2. The molecule has 0 radical (unpaired) electrons. The predicted molar refractivity (Wildman–Crippen MR) is 58.5 cm³/mol. The summed E-state index contributed by atoms with van der Waals surface area (Å²) >= 11 is 0. The van der Waals surface area contributed by atoms with Gasteiger partial charge in [-0.25, -0.2) is 8.42 Å². The van der Waals surface area contributed by atoms with E-state index in [-0.39, 0.29) is 37.2 Å². The standard InChI is InChI=1S/C9H16N2O4S/c1-7(2)16(14,15)4-3-11-6-8(12)10-5-9(11)13/h7H,3-6H2,1-2H3,(H,10,12). The summed E-state index contributed by atoms with van der Waals surface area (Å²) in [5, 5.41) is 1.94. The molecular weight excluding hydrogens is 232 g/mol. The van der Waals surface area contributed by atoms with E-state index in [0.29, 0.717) is 0 Å². The molecule has 1 aliphatic rings. The van der Waals surface area contributed by atoms with Crippen LogP contribution in [0.2, 0.25) is 0 Å². The number of sulfone groups is 1. The summed E-state index contributed by atoms with van der Waals surface area (Å²) in [5.41, 5.74) is 0. The molecule has 92 valence electrons. The number of amides is 2. The van der Waals surface area contributed by atoms with Crippen LogP contribution in [0.25, 0.3) is 0 Å². The normalized spacial score (nSPS) is 17.8. The first-order chi connectivity index (χ1) is 7.33. The van der Waals surface area contributed by atoms with E-state index in [1.807, 2.05) is 0 Å². The van der Waals surface area contributed by atoms with Crippen LogP contribution in [0.5, 0.6) is 0 Å². The zero-order valence-corrected chi connectivity index (χ0v) is 10.2. The van der Waals surface area contributed by atoms with Crippen molar-refractivity contribution in [2.75, 3.05) is 25.4 Å². The quantitative estimate of drug-likeness (QED) is 0.675. The first-order valence-electron chi connectivity index (χ1n) is 5.09. The van der Waals surface area contributed by atoms with Crippen LogP contribution < -0.4 is 5.32 Å². The molecule has 0 aromatic rings. The summed E-state index contributed by atoms with van der Waals surface area (Å²) in [4.78, 5) is 23.6. The molecule has 1 N–H and O–H groups in total. The molecule has 1 rings (SSSR count). The Bertz CT molecular complexity index is 388. The molecule has 16 heavy (non-hydrogen) atoms. The van der Waals surface area contributed by atoms with Crippen LogP contribution in [0.3, 0.4) is 0 Å². The van der Waals surface area contributed by atoms with E-state index in [4.69, 9.17) is 0 Å². The lowest BCUT2D eigenvalue weighted by Gasteiger charge is -2.26. The zero-order chi connectivity index (χ0) is 12.3. The van der Waals surface area contributed by atoms with Gasteiger partial charge in [0.2, 0.25) is 11.8 Å². The average molecular weight is 248 g/mol. The summed E-state index contributed by atoms with van der Waals surface area (Å²) in [6.07, 6.45) is 0. The Hall–Kier alpha value is -1.11. The monoisotopic (exact) mass is 248 g/mol. The van der Waals surface area contributed by atoms with Gasteiger partial charge in [0.05, 0.1) is 24.1 Å². The van der Waals surface area contributed by atoms with E-state index < -0.39 is 15.1 Å². The van der Waals surface area contributed by atoms with Crippen molar-refractivity contribution in [3.05, 3.63) is 0 Å². The Balaban J connectivity index is 2.55. The van der Waals surface area contributed by atoms with Crippen LogP contribution in [0, 0.1) is 0 Å². The van der Waals surface area contributed by atoms with Crippen molar-refractivity contribution in [2.24, 2.45) is 0 Å². The van der Waals surface area contributed by atoms with Gasteiger partial charge in [0.15, 0.2) is 9.84 Å². The minimum atomic E-state index is -3.16. The molecule has 0 bridgehead atoms. The molecule has 1 heterocycles. The van der Waals surface area contributed by atoms with E-state index in [2.05, 4.69) is 5.32 Å². The maximum atomic E-state index is 11.5. The number of hydrogen-bond donors (Lipinski definition) is 1. The van der Waals surface area contributed by atoms with Gasteiger partial charge in [-0.1, -0.05) is 0 Å². The van der Waals surface area contributed by atoms with Gasteiger partial charge in [0, 0.05) is 6.54 Å². The number of carbonyl (C=O) groups is 2. The van der Waals surface area contributed by atoms with Crippen molar-refractivity contribution in [1.29, 1.82) is 0 Å². The van der Waals surface area contributed by atoms with Crippen LogP contribution >= 0.6 is 0 Å². The molecule has 0 aromatic heterocycles. The first kappa shape index (κ1) is 13.0. The fourth-order valence-corrected chi connectivity index (χ4v) is 2.23. The van der Waals surface area contributed by atoms with Crippen LogP contribution in [0.15, 0.2) is 0 Å². The molecule has 1 aliphatic heterocycles. The molecule has 7 heteroatoms. The lowest BCUT2D eigenvalue weighted by Crippen LogP contribution is -2.52. The Labute approximate surface area is 94.9 Å². The molecule has 1 saturated heterocycles. The molecule has 0 atom stereocenters. The van der Waals surface area contributed by atoms with Gasteiger partial charge in [-0.15, -0.1) is 0 Å². The molecule has 1 fully saturated rings. The highest BCUT2D eigenvalue weighted by molar-refractivity contribution is 7.92. The third-order valence-corrected chi connectivity index (χ3v) is 4.68. The highest BCUT2D eigenvalue weighted by Crippen LogP contribution is 2.03. The number of nitrogens with one attached hydrogen (secondary N) is 1. The third-order valence-electron chi connectivity index (χ3n) is 2.49. The fraction of sp³-hybridized carbons (Fsp3) is 0.778. The Kier molecular flexibility index (Phi) is 3.90. The molecular formula is C9H16N2O4S. The van der Waals surface area contributed by atoms with E-state index in [0.717, 1.165) is 0 Å². The van der Waals surface area contributed by atoms with Crippen LogP contribution in [-0.2, 0) is 19.4 Å². The van der Waals surface area contributed by atoms with Crippen LogP contribution in [0.4, 0.5) is 0 Å². The van der Waals surface area contributed by atoms with E-state index in [1.165, 1.54) is 4.90 Å². The van der Waals surface area contributed by atoms with Crippen molar-refractivity contribution in [2.45, 2.75) is 19.1 Å². The third kappa shape index (κ3) is 3.19. The largest absolute Gasteiger partial charge is 0.345 e. The topological polar surface area (TPSA) is 83.6 Å². The average Bonchev–Trinajstić information content (AvgIpc) is 2.19. The van der Waals surface area contributed by atoms with Crippen molar-refractivity contribution in [3.8, 4) is 0 Å². The van der Waals surface area contributed by atoms with E-state index >= 15 is 0 Å². The number of rotatable bonds is 4. The molecule has 0 spiro atoms. The summed E-state index contributed by atoms with van der Waals surface area (Å²) in [6.45, 7) is 3.19. The Morgan fingerprint density at radius 2 is 2.00 bits per heavy atom. The van der Waals surface area contributed by atoms with Crippen molar-refractivity contribution < 1.29 is 18.0 Å². The summed E-state index contributed by atoms with van der Waals surface area (Å²) < 4.78 is 23.0. The molecule has 6 nitrogen and oxygen atoms in total. The van der Waals surface area contributed by atoms with Gasteiger partial charge >= 0.3 is 0 Å². The van der Waals surface area contributed by atoms with Gasteiger partial charge in [-0.2, -0.15) is 0 Å². The minimum Gasteiger partial charge on any atom is -0.345 e. The van der Waals surface area contributed by atoms with Crippen LogP contribution in [-0.4, -0.2) is 55.8 Å². The smallest absolute Gasteiger partial charge is 0.242 e. The maximum Gasteiger partial charge on any atom is 0.242 e. The predicted octanol–water partition coefficient (Wildman–Crippen LogP) is -1.23. The van der Waals surface area contributed by atoms with Gasteiger partial charge in [-0.05, 0) is 13.8 Å². The number of hydrogen-bond acceptors (Lipinski definition) is 4. The number of nitrogens with zero attached hydrogens (tertiary/aromatic N) is 1. The maximum absolute atomic E-state index is 11.5. The zero-order valence-electron chi connectivity index (χ0n) is 9.39. The first-order valence-corrected chi connectivity index (χ1v) is 6.80. The molecule has 0 aromatic carbocycles.